The summed E-state index contributed by atoms with van der Waals surface area (Å²) in [6.07, 6.45) is 1.42. The van der Waals surface area contributed by atoms with Crippen LogP contribution in [-0.4, -0.2) is 49.4 Å². The van der Waals surface area contributed by atoms with Crippen LogP contribution >= 0.6 is 12.4 Å². The van der Waals surface area contributed by atoms with Crippen molar-refractivity contribution < 1.29 is 0 Å². The summed E-state index contributed by atoms with van der Waals surface area (Å²) in [4.78, 5) is 4.31. The van der Waals surface area contributed by atoms with Crippen LogP contribution in [0.1, 0.15) is 0 Å². The lowest BCUT2D eigenvalue weighted by atomic mass is 10.4. The maximum atomic E-state index is 6.95. The second-order valence-electron chi connectivity index (χ2n) is 2.47. The van der Waals surface area contributed by atoms with Gasteiger partial charge in [-0.2, -0.15) is 0 Å². The van der Waals surface area contributed by atoms with Gasteiger partial charge in [0.15, 0.2) is 0 Å². The van der Waals surface area contributed by atoms with Gasteiger partial charge in [-0.25, -0.2) is 0 Å². The van der Waals surface area contributed by atoms with E-state index in [-0.39, 0.29) is 12.4 Å². The summed E-state index contributed by atoms with van der Waals surface area (Å²) in [6.45, 7) is 4.21. The average Bonchev–Trinajstić information content (AvgIpc) is 1.90. The van der Waals surface area contributed by atoms with Crippen molar-refractivity contribution in [3.05, 3.63) is 0 Å². The van der Waals surface area contributed by atoms with Crippen LogP contribution in [0.4, 0.5) is 0 Å². The Bertz CT molecular complexity index is 99.2. The van der Waals surface area contributed by atoms with E-state index < -0.39 is 0 Å². The van der Waals surface area contributed by atoms with Gasteiger partial charge in [-0.1, -0.05) is 0 Å². The van der Waals surface area contributed by atoms with E-state index in [4.69, 9.17) is 5.41 Å². The minimum Gasteiger partial charge on any atom is -0.361 e. The van der Waals surface area contributed by atoms with Crippen LogP contribution in [-0.2, 0) is 0 Å². The molecule has 0 amide bonds. The van der Waals surface area contributed by atoms with Gasteiger partial charge in [-0.15, -0.1) is 12.4 Å². The highest BCUT2D eigenvalue weighted by atomic mass is 35.5. The van der Waals surface area contributed by atoms with Crippen molar-refractivity contribution in [3.63, 3.8) is 0 Å². The third kappa shape index (κ3) is 2.54. The molecule has 4 heteroatoms. The number of rotatable bonds is 1. The van der Waals surface area contributed by atoms with E-state index in [1.807, 2.05) is 4.90 Å². The standard InChI is InChI=1S/C6H13N3.ClH/c1-8-2-4-9(6-7)5-3-8;/h6-7H,2-5H2,1H3;1H. The van der Waals surface area contributed by atoms with Crippen LogP contribution in [0, 0.1) is 5.41 Å². The highest BCUT2D eigenvalue weighted by Crippen LogP contribution is 1.94. The van der Waals surface area contributed by atoms with E-state index >= 15 is 0 Å². The molecule has 0 aromatic rings. The Balaban J connectivity index is 0.000000810. The van der Waals surface area contributed by atoms with Crippen molar-refractivity contribution in [2.24, 2.45) is 0 Å². The van der Waals surface area contributed by atoms with E-state index in [0.29, 0.717) is 0 Å². The first-order valence-electron chi connectivity index (χ1n) is 3.26. The molecule has 0 aromatic carbocycles. The van der Waals surface area contributed by atoms with Gasteiger partial charge in [0.1, 0.15) is 0 Å². The zero-order valence-electron chi connectivity index (χ0n) is 6.21. The second kappa shape index (κ2) is 4.52. The average molecular weight is 164 g/mol. The number of nitrogens with one attached hydrogen (secondary N) is 1. The molecule has 0 aromatic heterocycles. The summed E-state index contributed by atoms with van der Waals surface area (Å²) in [6, 6.07) is 0. The van der Waals surface area contributed by atoms with Crippen molar-refractivity contribution in [2.75, 3.05) is 33.2 Å². The highest BCUT2D eigenvalue weighted by Gasteiger charge is 2.08. The Labute approximate surface area is 67.9 Å². The monoisotopic (exact) mass is 163 g/mol. The molecule has 0 unspecified atom stereocenters. The Hall–Kier alpha value is -0.280. The van der Waals surface area contributed by atoms with Gasteiger partial charge < -0.3 is 9.80 Å². The first-order chi connectivity index (χ1) is 4.33. The van der Waals surface area contributed by atoms with Crippen molar-refractivity contribution in [2.45, 2.75) is 0 Å². The molecule has 60 valence electrons. The third-order valence-electron chi connectivity index (χ3n) is 1.72. The van der Waals surface area contributed by atoms with E-state index in [1.54, 1.807) is 0 Å². The fraction of sp³-hybridized carbons (Fsp3) is 0.833. The molecular formula is C6H14ClN3. The second-order valence-corrected chi connectivity index (χ2v) is 2.47. The highest BCUT2D eigenvalue weighted by molar-refractivity contribution is 5.85. The number of likely N-dealkylation sites (N-methyl/N-ethyl adjacent to an activating group) is 1. The first-order valence-corrected chi connectivity index (χ1v) is 3.26. The largest absolute Gasteiger partial charge is 0.361 e. The molecule has 3 nitrogen and oxygen atoms in total. The molecule has 0 aliphatic carbocycles. The summed E-state index contributed by atoms with van der Waals surface area (Å²) in [5.74, 6) is 0. The van der Waals surface area contributed by atoms with Crippen LogP contribution in [0.5, 0.6) is 0 Å². The molecule has 1 rings (SSSR count). The van der Waals surface area contributed by atoms with E-state index in [9.17, 15) is 0 Å². The number of halogens is 1. The molecule has 1 N–H and O–H groups in total. The molecule has 0 atom stereocenters. The van der Waals surface area contributed by atoms with Gasteiger partial charge in [0.2, 0.25) is 0 Å². The van der Waals surface area contributed by atoms with Crippen molar-refractivity contribution in [3.8, 4) is 0 Å². The lowest BCUT2D eigenvalue weighted by Crippen LogP contribution is -2.43. The first kappa shape index (κ1) is 9.72. The van der Waals surface area contributed by atoms with E-state index in [0.717, 1.165) is 26.2 Å². The minimum atomic E-state index is 0. The fourth-order valence-corrected chi connectivity index (χ4v) is 0.951. The van der Waals surface area contributed by atoms with Crippen molar-refractivity contribution in [1.29, 1.82) is 5.41 Å². The Morgan fingerprint density at radius 3 is 2.10 bits per heavy atom. The molecule has 10 heavy (non-hydrogen) atoms. The minimum absolute atomic E-state index is 0. The van der Waals surface area contributed by atoms with Crippen LogP contribution < -0.4 is 0 Å². The lowest BCUT2D eigenvalue weighted by molar-refractivity contribution is 0.219. The Morgan fingerprint density at radius 2 is 1.70 bits per heavy atom. The number of hydrogen-bond acceptors (Lipinski definition) is 2. The summed E-state index contributed by atoms with van der Waals surface area (Å²) < 4.78 is 0. The SMILES string of the molecule is CN1CCN(C=N)CC1.Cl. The Kier molecular flexibility index (Phi) is 4.40. The van der Waals surface area contributed by atoms with Gasteiger partial charge in [-0.05, 0) is 7.05 Å². The molecule has 1 heterocycles. The predicted octanol–water partition coefficient (Wildman–Crippen LogP) is 0.263. The van der Waals surface area contributed by atoms with Crippen LogP contribution in [0.3, 0.4) is 0 Å². The molecule has 1 saturated heterocycles. The summed E-state index contributed by atoms with van der Waals surface area (Å²) in [5, 5.41) is 6.95. The number of nitrogens with zero attached hydrogens (tertiary/aromatic N) is 2. The topological polar surface area (TPSA) is 30.3 Å². The van der Waals surface area contributed by atoms with Crippen LogP contribution in [0.15, 0.2) is 0 Å². The van der Waals surface area contributed by atoms with Gasteiger partial charge >= 0.3 is 0 Å². The van der Waals surface area contributed by atoms with E-state index in [2.05, 4.69) is 11.9 Å². The predicted molar refractivity (Wildman–Crippen MR) is 45.1 cm³/mol. The zero-order chi connectivity index (χ0) is 6.69. The van der Waals surface area contributed by atoms with Gasteiger partial charge in [0.25, 0.3) is 0 Å². The summed E-state index contributed by atoms with van der Waals surface area (Å²) >= 11 is 0. The molecular weight excluding hydrogens is 150 g/mol. The molecule has 0 bridgehead atoms. The summed E-state index contributed by atoms with van der Waals surface area (Å²) in [7, 11) is 2.11. The van der Waals surface area contributed by atoms with Crippen LogP contribution in [0.25, 0.3) is 0 Å². The fourth-order valence-electron chi connectivity index (χ4n) is 0.951. The Morgan fingerprint density at radius 1 is 1.20 bits per heavy atom. The number of hydrogen-bond donors (Lipinski definition) is 1. The zero-order valence-corrected chi connectivity index (χ0v) is 7.02. The third-order valence-corrected chi connectivity index (χ3v) is 1.72. The van der Waals surface area contributed by atoms with Gasteiger partial charge in [-0.3, -0.25) is 5.41 Å². The number of piperazine rings is 1. The lowest BCUT2D eigenvalue weighted by Gasteiger charge is -2.30. The molecule has 1 aliphatic heterocycles. The molecule has 0 saturated carbocycles. The van der Waals surface area contributed by atoms with Crippen LogP contribution in [0.2, 0.25) is 0 Å². The summed E-state index contributed by atoms with van der Waals surface area (Å²) in [5.41, 5.74) is 0. The molecule has 1 aliphatic rings. The smallest absolute Gasteiger partial charge is 0.0818 e. The van der Waals surface area contributed by atoms with Crippen molar-refractivity contribution >= 4 is 18.7 Å². The van der Waals surface area contributed by atoms with Crippen molar-refractivity contribution in [1.82, 2.24) is 9.80 Å². The maximum absolute atomic E-state index is 6.95. The molecule has 1 fully saturated rings. The molecule has 0 spiro atoms. The molecule has 0 radical (unpaired) electrons. The van der Waals surface area contributed by atoms with E-state index in [1.165, 1.54) is 6.34 Å². The quantitative estimate of drug-likeness (QED) is 0.444. The van der Waals surface area contributed by atoms with Gasteiger partial charge in [0, 0.05) is 26.2 Å². The maximum Gasteiger partial charge on any atom is 0.0818 e. The van der Waals surface area contributed by atoms with Gasteiger partial charge in [0.05, 0.1) is 6.34 Å². The normalized spacial score (nSPS) is 19.9.